The molecular weight excluding hydrogens is 434 g/mol. The lowest BCUT2D eigenvalue weighted by atomic mass is 9.80. The minimum atomic E-state index is -0.870. The van der Waals surface area contributed by atoms with Crippen LogP contribution in [0.2, 0.25) is 0 Å². The van der Waals surface area contributed by atoms with Crippen LogP contribution in [-0.4, -0.2) is 55.1 Å². The molecule has 2 aromatic carbocycles. The van der Waals surface area contributed by atoms with E-state index in [9.17, 15) is 5.11 Å². The summed E-state index contributed by atoms with van der Waals surface area (Å²) in [6, 6.07) is 19.1. The molecule has 4 heteroatoms. The molecule has 0 unspecified atom stereocenters. The minimum absolute atomic E-state index is 0.246. The molecule has 2 bridgehead atoms. The highest BCUT2D eigenvalue weighted by molar-refractivity contribution is 5.24. The topological polar surface area (TPSA) is 38.7 Å². The van der Waals surface area contributed by atoms with E-state index in [0.29, 0.717) is 25.0 Å². The van der Waals surface area contributed by atoms with E-state index < -0.39 is 5.60 Å². The highest BCUT2D eigenvalue weighted by Gasteiger charge is 2.48. The van der Waals surface area contributed by atoms with Gasteiger partial charge in [-0.25, -0.2) is 0 Å². The molecule has 2 aromatic rings. The average Bonchev–Trinajstić information content (AvgIpc) is 3.47. The van der Waals surface area contributed by atoms with Crippen LogP contribution in [0.4, 0.5) is 0 Å². The summed E-state index contributed by atoms with van der Waals surface area (Å²) >= 11 is 0. The molecule has 190 valence electrons. The number of aliphatic hydroxyl groups is 1. The van der Waals surface area contributed by atoms with Crippen molar-refractivity contribution in [1.82, 2.24) is 0 Å². The van der Waals surface area contributed by atoms with Crippen LogP contribution in [0.5, 0.6) is 0 Å². The van der Waals surface area contributed by atoms with Crippen LogP contribution >= 0.6 is 0 Å². The molecule has 4 aliphatic rings. The maximum absolute atomic E-state index is 11.9. The first-order valence-corrected chi connectivity index (χ1v) is 14.0. The molecule has 0 radical (unpaired) electrons. The van der Waals surface area contributed by atoms with Gasteiger partial charge in [-0.2, -0.15) is 0 Å². The molecule has 0 aromatic heterocycles. The van der Waals surface area contributed by atoms with E-state index in [1.165, 1.54) is 49.9 Å². The number of rotatable bonds is 11. The molecule has 6 rings (SSSR count). The molecule has 1 saturated carbocycles. The number of piperidine rings is 3. The maximum atomic E-state index is 11.9. The highest BCUT2D eigenvalue weighted by atomic mass is 16.5. The first-order valence-electron chi connectivity index (χ1n) is 14.0. The second-order valence-electron chi connectivity index (χ2n) is 11.4. The van der Waals surface area contributed by atoms with Crippen molar-refractivity contribution in [3.05, 3.63) is 71.3 Å². The Kier molecular flexibility index (Phi) is 7.93. The number of ether oxygens (including phenoxy) is 2. The van der Waals surface area contributed by atoms with E-state index in [0.717, 1.165) is 49.0 Å². The van der Waals surface area contributed by atoms with Crippen molar-refractivity contribution in [3.63, 3.8) is 0 Å². The Hall–Kier alpha value is -1.72. The average molecular weight is 479 g/mol. The van der Waals surface area contributed by atoms with E-state index in [2.05, 4.69) is 43.3 Å². The lowest BCUT2D eigenvalue weighted by Gasteiger charge is -2.52. The van der Waals surface area contributed by atoms with Crippen molar-refractivity contribution in [2.24, 2.45) is 11.8 Å². The molecule has 2 atom stereocenters. The van der Waals surface area contributed by atoms with Gasteiger partial charge in [-0.3, -0.25) is 0 Å². The predicted molar refractivity (Wildman–Crippen MR) is 140 cm³/mol. The smallest absolute Gasteiger partial charge is 0.116 e. The molecular formula is C31H44NO3+. The summed E-state index contributed by atoms with van der Waals surface area (Å²) in [4.78, 5) is 0. The fraction of sp³-hybridized carbons (Fsp3) is 0.613. The normalized spacial score (nSPS) is 28.3. The molecule has 4 fully saturated rings. The number of aryl methyl sites for hydroxylation is 1. The van der Waals surface area contributed by atoms with Crippen LogP contribution in [0.25, 0.3) is 0 Å². The van der Waals surface area contributed by atoms with Crippen molar-refractivity contribution in [3.8, 4) is 0 Å². The zero-order valence-electron chi connectivity index (χ0n) is 21.5. The summed E-state index contributed by atoms with van der Waals surface area (Å²) in [5, 5.41) is 11.9. The SMILES string of the molecule is CCc1ccc(COCC[N+]23CCC(CC2)[C@@H](OC[C@](O)(c2ccccc2)C2CCCC2)C3)cc1. The van der Waals surface area contributed by atoms with Gasteiger partial charge in [0, 0.05) is 18.8 Å². The van der Waals surface area contributed by atoms with Gasteiger partial charge in [-0.15, -0.1) is 0 Å². The van der Waals surface area contributed by atoms with Crippen LogP contribution in [0.1, 0.15) is 62.1 Å². The van der Waals surface area contributed by atoms with Gasteiger partial charge in [0.1, 0.15) is 24.8 Å². The summed E-state index contributed by atoms with van der Waals surface area (Å²) in [5.74, 6) is 0.936. The minimum Gasteiger partial charge on any atom is -0.382 e. The fourth-order valence-electron chi connectivity index (χ4n) is 6.84. The van der Waals surface area contributed by atoms with Gasteiger partial charge in [-0.05, 0) is 41.9 Å². The van der Waals surface area contributed by atoms with Crippen LogP contribution in [0.3, 0.4) is 0 Å². The third-order valence-electron chi connectivity index (χ3n) is 9.27. The van der Waals surface area contributed by atoms with Crippen LogP contribution in [0, 0.1) is 11.8 Å². The second kappa shape index (κ2) is 11.1. The van der Waals surface area contributed by atoms with Crippen LogP contribution in [-0.2, 0) is 28.1 Å². The van der Waals surface area contributed by atoms with Crippen molar-refractivity contribution in [2.45, 2.75) is 70.2 Å². The molecule has 0 spiro atoms. The third kappa shape index (κ3) is 5.67. The van der Waals surface area contributed by atoms with Crippen molar-refractivity contribution in [1.29, 1.82) is 0 Å². The van der Waals surface area contributed by atoms with Gasteiger partial charge in [0.15, 0.2) is 0 Å². The van der Waals surface area contributed by atoms with Crippen LogP contribution in [0.15, 0.2) is 54.6 Å². The number of nitrogens with zero attached hydrogens (tertiary/aromatic N) is 1. The number of hydrogen-bond acceptors (Lipinski definition) is 3. The van der Waals surface area contributed by atoms with Gasteiger partial charge < -0.3 is 19.1 Å². The largest absolute Gasteiger partial charge is 0.382 e. The summed E-state index contributed by atoms with van der Waals surface area (Å²) < 4.78 is 13.9. The van der Waals surface area contributed by atoms with Crippen LogP contribution < -0.4 is 0 Å². The zero-order valence-corrected chi connectivity index (χ0v) is 21.5. The standard InChI is InChI=1S/C31H44NO3/c1-2-25-12-14-26(15-13-25)23-34-21-20-32-18-16-27(17-19-32)30(22-32)35-24-31(33,29-10-6-7-11-29)28-8-4-3-5-9-28/h3-5,8-9,12-15,27,29-30,33H,2,6-7,10-11,16-24H2,1H3/q+1/t27?,30-,31-,32?/m0/s1. The molecule has 3 aliphatic heterocycles. The van der Waals surface area contributed by atoms with E-state index in [4.69, 9.17) is 9.47 Å². The fourth-order valence-corrected chi connectivity index (χ4v) is 6.84. The van der Waals surface area contributed by atoms with E-state index >= 15 is 0 Å². The molecule has 35 heavy (non-hydrogen) atoms. The molecule has 3 saturated heterocycles. The van der Waals surface area contributed by atoms with Gasteiger partial charge in [0.2, 0.25) is 0 Å². The van der Waals surface area contributed by atoms with Gasteiger partial charge in [0.25, 0.3) is 0 Å². The first kappa shape index (κ1) is 25.0. The molecule has 0 amide bonds. The van der Waals surface area contributed by atoms with Crippen molar-refractivity contribution >= 4 is 0 Å². The quantitative estimate of drug-likeness (QED) is 0.344. The highest BCUT2D eigenvalue weighted by Crippen LogP contribution is 2.42. The Labute approximate surface area is 211 Å². The van der Waals surface area contributed by atoms with Gasteiger partial charge in [-0.1, -0.05) is 74.4 Å². The summed E-state index contributed by atoms with van der Waals surface area (Å²) in [5.41, 5.74) is 2.79. The molecule has 3 heterocycles. The second-order valence-corrected chi connectivity index (χ2v) is 11.4. The lowest BCUT2D eigenvalue weighted by Crippen LogP contribution is -2.65. The predicted octanol–water partition coefficient (Wildman–Crippen LogP) is 5.47. The summed E-state index contributed by atoms with van der Waals surface area (Å²) in [6.45, 7) is 8.71. The van der Waals surface area contributed by atoms with Crippen molar-refractivity contribution < 1.29 is 19.1 Å². The maximum Gasteiger partial charge on any atom is 0.116 e. The Morgan fingerprint density at radius 3 is 2.29 bits per heavy atom. The van der Waals surface area contributed by atoms with E-state index in [1.54, 1.807) is 0 Å². The van der Waals surface area contributed by atoms with Gasteiger partial charge >= 0.3 is 0 Å². The monoisotopic (exact) mass is 478 g/mol. The summed E-state index contributed by atoms with van der Waals surface area (Å²) in [7, 11) is 0. The number of hydrogen-bond donors (Lipinski definition) is 1. The van der Waals surface area contributed by atoms with E-state index in [-0.39, 0.29) is 6.10 Å². The first-order chi connectivity index (χ1) is 17.1. The lowest BCUT2D eigenvalue weighted by molar-refractivity contribution is -0.946. The van der Waals surface area contributed by atoms with Gasteiger partial charge in [0.05, 0.1) is 32.9 Å². The number of fused-ring (bicyclic) bond motifs is 3. The number of benzene rings is 2. The molecule has 1 aliphatic carbocycles. The zero-order chi connectivity index (χ0) is 24.1. The van der Waals surface area contributed by atoms with E-state index in [1.807, 2.05) is 18.2 Å². The van der Waals surface area contributed by atoms with Crippen molar-refractivity contribution in [2.75, 3.05) is 39.4 Å². The third-order valence-corrected chi connectivity index (χ3v) is 9.27. The number of quaternary nitrogens is 1. The molecule has 1 N–H and O–H groups in total. The Bertz CT molecular complexity index is 916. The Balaban J connectivity index is 1.16. The molecule has 4 nitrogen and oxygen atoms in total. The summed E-state index contributed by atoms with van der Waals surface area (Å²) in [6.07, 6.45) is 8.42. The Morgan fingerprint density at radius 2 is 1.60 bits per heavy atom. The Morgan fingerprint density at radius 1 is 0.914 bits per heavy atom.